The number of ketones is 1. The average Bonchev–Trinajstić information content (AvgIpc) is 3.28. The van der Waals surface area contributed by atoms with Crippen molar-refractivity contribution in [3.05, 3.63) is 84.1 Å². The van der Waals surface area contributed by atoms with E-state index in [9.17, 15) is 9.59 Å². The maximum Gasteiger partial charge on any atom is 0.233 e. The van der Waals surface area contributed by atoms with Gasteiger partial charge in [-0.2, -0.15) is 0 Å². The highest BCUT2D eigenvalue weighted by Crippen LogP contribution is 2.57. The highest BCUT2D eigenvalue weighted by atomic mass is 16.2. The lowest BCUT2D eigenvalue weighted by Crippen LogP contribution is -2.49. The van der Waals surface area contributed by atoms with Crippen LogP contribution in [0, 0.1) is 5.41 Å². The normalized spacial score (nSPS) is 23.8. The van der Waals surface area contributed by atoms with Crippen LogP contribution in [0.25, 0.3) is 22.0 Å². The molecule has 7 rings (SSSR count). The van der Waals surface area contributed by atoms with E-state index >= 15 is 0 Å². The minimum atomic E-state index is -0.653. The fourth-order valence-corrected chi connectivity index (χ4v) is 5.61. The van der Waals surface area contributed by atoms with E-state index in [0.29, 0.717) is 18.8 Å². The molecule has 2 bridgehead atoms. The van der Waals surface area contributed by atoms with Crippen molar-refractivity contribution in [1.82, 2.24) is 9.97 Å². The van der Waals surface area contributed by atoms with Gasteiger partial charge in [0.15, 0.2) is 0 Å². The molecule has 32 heavy (non-hydrogen) atoms. The molecule has 3 aliphatic carbocycles. The number of aromatic amines is 1. The molecule has 0 radical (unpaired) electrons. The van der Waals surface area contributed by atoms with Gasteiger partial charge in [0.25, 0.3) is 0 Å². The molecular weight excluding hydrogens is 398 g/mol. The molecule has 3 aromatic carbocycles. The number of H-pyrrole nitrogens is 1. The Morgan fingerprint density at radius 3 is 2.66 bits per heavy atom. The zero-order chi connectivity index (χ0) is 21.9. The summed E-state index contributed by atoms with van der Waals surface area (Å²) < 4.78 is 0. The van der Waals surface area contributed by atoms with Crippen LogP contribution in [0.4, 0.5) is 5.95 Å². The summed E-state index contributed by atoms with van der Waals surface area (Å²) in [4.78, 5) is 33.8. The molecule has 3 aliphatic rings. The fourth-order valence-electron chi connectivity index (χ4n) is 5.61. The van der Waals surface area contributed by atoms with Crippen LogP contribution in [0.2, 0.25) is 0 Å². The van der Waals surface area contributed by atoms with Gasteiger partial charge in [0.1, 0.15) is 5.78 Å². The van der Waals surface area contributed by atoms with Gasteiger partial charge in [-0.25, -0.2) is 4.98 Å². The summed E-state index contributed by atoms with van der Waals surface area (Å²) in [5.74, 6) is 0.280. The van der Waals surface area contributed by atoms with E-state index in [2.05, 4.69) is 39.6 Å². The van der Waals surface area contributed by atoms with Crippen LogP contribution in [0.5, 0.6) is 0 Å². The molecule has 1 heterocycles. The number of amides is 1. The van der Waals surface area contributed by atoms with E-state index in [0.717, 1.165) is 33.2 Å². The highest BCUT2D eigenvalue weighted by molar-refractivity contribution is 6.00. The van der Waals surface area contributed by atoms with Gasteiger partial charge < -0.3 is 4.98 Å². The first-order chi connectivity index (χ1) is 15.5. The monoisotopic (exact) mass is 421 g/mol. The Hall–Kier alpha value is -3.73. The Balaban J connectivity index is 1.30. The Kier molecular flexibility index (Phi) is 4.09. The fraction of sp³-hybridized carbons (Fsp3) is 0.222. The number of carbonyl (C=O) groups excluding carboxylic acids is 2. The molecule has 0 aliphatic heterocycles. The average molecular weight is 422 g/mol. The Morgan fingerprint density at radius 2 is 1.78 bits per heavy atom. The van der Waals surface area contributed by atoms with Crippen molar-refractivity contribution in [3.8, 4) is 11.3 Å². The number of fused-ring (bicyclic) bond motifs is 3. The smallest absolute Gasteiger partial charge is 0.233 e. The van der Waals surface area contributed by atoms with Crippen molar-refractivity contribution in [2.24, 2.45) is 5.41 Å². The second-order valence-corrected chi connectivity index (χ2v) is 9.15. The largest absolute Gasteiger partial charge is 0.324 e. The van der Waals surface area contributed by atoms with Crippen molar-refractivity contribution in [3.63, 3.8) is 0 Å². The third-order valence-corrected chi connectivity index (χ3v) is 7.34. The summed E-state index contributed by atoms with van der Waals surface area (Å²) >= 11 is 0. The summed E-state index contributed by atoms with van der Waals surface area (Å²) in [5, 5.41) is 5.28. The molecule has 2 N–H and O–H groups in total. The van der Waals surface area contributed by atoms with Gasteiger partial charge in [0, 0.05) is 23.8 Å². The van der Waals surface area contributed by atoms with Crippen molar-refractivity contribution in [1.29, 1.82) is 0 Å². The zero-order valence-corrected chi connectivity index (χ0v) is 17.8. The quantitative estimate of drug-likeness (QED) is 0.464. The predicted octanol–water partition coefficient (Wildman–Crippen LogP) is 5.42. The highest BCUT2D eigenvalue weighted by Gasteiger charge is 2.54. The number of anilines is 1. The zero-order valence-electron chi connectivity index (χ0n) is 17.8. The van der Waals surface area contributed by atoms with Crippen molar-refractivity contribution < 1.29 is 9.59 Å². The van der Waals surface area contributed by atoms with E-state index in [1.807, 2.05) is 49.4 Å². The summed E-state index contributed by atoms with van der Waals surface area (Å²) in [6, 6.07) is 22.4. The summed E-state index contributed by atoms with van der Waals surface area (Å²) in [5.41, 5.74) is 3.47. The number of rotatable bonds is 3. The van der Waals surface area contributed by atoms with E-state index < -0.39 is 5.41 Å². The summed E-state index contributed by atoms with van der Waals surface area (Å²) in [6.07, 6.45) is 2.72. The second-order valence-electron chi connectivity index (χ2n) is 9.15. The molecular formula is C27H23N3O2. The number of hydrogen-bond acceptors (Lipinski definition) is 3. The minimum absolute atomic E-state index is 0.0895. The van der Waals surface area contributed by atoms with Gasteiger partial charge >= 0.3 is 0 Å². The standard InChI is InChI=1S/C27H23N3O2/c1-27(14-21-18-10-4-5-11-19(18)22(27)13-24(21)31)25(32)30-26-28-15-23(29-26)20-12-6-8-16-7-2-3-9-17(16)20/h2-12,15,21-22H,13-14H2,1H3,(H2,28,29,30,32). The maximum atomic E-state index is 13.5. The van der Waals surface area contributed by atoms with Gasteiger partial charge in [-0.15, -0.1) is 0 Å². The van der Waals surface area contributed by atoms with Crippen molar-refractivity contribution >= 4 is 28.4 Å². The van der Waals surface area contributed by atoms with E-state index in [1.54, 1.807) is 6.20 Å². The lowest BCUT2D eigenvalue weighted by Gasteiger charge is -2.48. The summed E-state index contributed by atoms with van der Waals surface area (Å²) in [6.45, 7) is 1.98. The molecule has 4 aromatic rings. The topological polar surface area (TPSA) is 74.8 Å². The molecule has 0 saturated heterocycles. The predicted molar refractivity (Wildman–Crippen MR) is 124 cm³/mol. The molecule has 1 fully saturated rings. The molecule has 5 nitrogen and oxygen atoms in total. The minimum Gasteiger partial charge on any atom is -0.324 e. The Bertz CT molecular complexity index is 1380. The lowest BCUT2D eigenvalue weighted by molar-refractivity contribution is -0.134. The number of hydrogen-bond donors (Lipinski definition) is 2. The van der Waals surface area contributed by atoms with E-state index in [1.165, 1.54) is 0 Å². The maximum absolute atomic E-state index is 13.5. The number of benzene rings is 3. The number of aromatic nitrogens is 2. The third-order valence-electron chi connectivity index (χ3n) is 7.34. The van der Waals surface area contributed by atoms with Crippen molar-refractivity contribution in [2.45, 2.75) is 31.6 Å². The van der Waals surface area contributed by atoms with Gasteiger partial charge in [0.2, 0.25) is 11.9 Å². The Labute approximate surface area is 185 Å². The molecule has 158 valence electrons. The number of nitrogens with zero attached hydrogens (tertiary/aromatic N) is 1. The van der Waals surface area contributed by atoms with Crippen LogP contribution in [0.3, 0.4) is 0 Å². The first-order valence-electron chi connectivity index (χ1n) is 11.0. The second kappa shape index (κ2) is 6.89. The molecule has 5 heteroatoms. The number of nitrogens with one attached hydrogen (secondary N) is 2. The lowest BCUT2D eigenvalue weighted by atomic mass is 9.54. The van der Waals surface area contributed by atoms with Crippen LogP contribution >= 0.6 is 0 Å². The first kappa shape index (κ1) is 19.0. The number of carbonyl (C=O) groups is 2. The van der Waals surface area contributed by atoms with E-state index in [-0.39, 0.29) is 23.5 Å². The molecule has 3 atom stereocenters. The van der Waals surface area contributed by atoms with Crippen LogP contribution in [-0.4, -0.2) is 21.7 Å². The molecule has 0 spiro atoms. The Morgan fingerprint density at radius 1 is 1.03 bits per heavy atom. The number of Topliss-reactive ketones (excluding diaryl/α,β-unsaturated/α-hetero) is 1. The van der Waals surface area contributed by atoms with Crippen LogP contribution in [0.15, 0.2) is 72.9 Å². The van der Waals surface area contributed by atoms with Gasteiger partial charge in [0.05, 0.1) is 17.3 Å². The SMILES string of the molecule is CC1(C(=O)Nc2ncc(-c3cccc4ccccc34)[nH]2)CC2C(=O)CC1c1ccccc12. The molecule has 3 unspecified atom stereocenters. The number of imidazole rings is 1. The van der Waals surface area contributed by atoms with Crippen LogP contribution < -0.4 is 5.32 Å². The van der Waals surface area contributed by atoms with Crippen LogP contribution in [-0.2, 0) is 9.59 Å². The van der Waals surface area contributed by atoms with E-state index in [4.69, 9.17) is 0 Å². The van der Waals surface area contributed by atoms with Crippen molar-refractivity contribution in [2.75, 3.05) is 5.32 Å². The molecule has 1 amide bonds. The first-order valence-corrected chi connectivity index (χ1v) is 11.0. The van der Waals surface area contributed by atoms with Gasteiger partial charge in [-0.3, -0.25) is 14.9 Å². The van der Waals surface area contributed by atoms with Crippen LogP contribution in [0.1, 0.15) is 42.7 Å². The van der Waals surface area contributed by atoms with Gasteiger partial charge in [-0.1, -0.05) is 73.7 Å². The molecule has 1 saturated carbocycles. The summed E-state index contributed by atoms with van der Waals surface area (Å²) in [7, 11) is 0. The van der Waals surface area contributed by atoms with Gasteiger partial charge in [-0.05, 0) is 28.3 Å². The molecule has 1 aromatic heterocycles. The third kappa shape index (κ3) is 2.74.